The average molecular weight is 393 g/mol. The van der Waals surface area contributed by atoms with Gasteiger partial charge in [0.2, 0.25) is 0 Å². The smallest absolute Gasteiger partial charge is 0.142 e. The van der Waals surface area contributed by atoms with Crippen molar-refractivity contribution in [3.8, 4) is 0 Å². The maximum atomic E-state index is 4.56. The van der Waals surface area contributed by atoms with Gasteiger partial charge < -0.3 is 20.5 Å². The molecular weight excluding hydrogens is 360 g/mol. The molecule has 1 fully saturated rings. The zero-order valence-corrected chi connectivity index (χ0v) is 17.7. The summed E-state index contributed by atoms with van der Waals surface area (Å²) in [5, 5.41) is 8.39. The minimum Gasteiger partial charge on any atom is -0.384 e. The highest BCUT2D eigenvalue weighted by Gasteiger charge is 2.22. The number of aromatic amines is 1. The van der Waals surface area contributed by atoms with Crippen molar-refractivity contribution in [1.82, 2.24) is 20.3 Å². The summed E-state index contributed by atoms with van der Waals surface area (Å²) >= 11 is 0. The van der Waals surface area contributed by atoms with Gasteiger partial charge in [-0.3, -0.25) is 0 Å². The Kier molecular flexibility index (Phi) is 5.72. The van der Waals surface area contributed by atoms with Crippen LogP contribution in [0.25, 0.3) is 11.0 Å². The minimum absolute atomic E-state index is 0.174. The molecule has 2 aromatic heterocycles. The van der Waals surface area contributed by atoms with E-state index in [0.29, 0.717) is 6.04 Å². The van der Waals surface area contributed by atoms with Gasteiger partial charge in [-0.2, -0.15) is 0 Å². The van der Waals surface area contributed by atoms with E-state index >= 15 is 0 Å². The highest BCUT2D eigenvalue weighted by atomic mass is 15.2. The molecule has 4 rings (SSSR count). The van der Waals surface area contributed by atoms with E-state index in [9.17, 15) is 0 Å². The van der Waals surface area contributed by atoms with Crippen LogP contribution in [0, 0.1) is 0 Å². The molecular formula is C23H32N6. The summed E-state index contributed by atoms with van der Waals surface area (Å²) in [6.45, 7) is 10.6. The maximum absolute atomic E-state index is 4.56. The number of anilines is 2. The molecule has 0 spiro atoms. The second kappa shape index (κ2) is 8.41. The molecule has 6 nitrogen and oxygen atoms in total. The lowest BCUT2D eigenvalue weighted by Gasteiger charge is -2.34. The topological polar surface area (TPSA) is 68.9 Å². The number of fused-ring (bicyclic) bond motifs is 1. The van der Waals surface area contributed by atoms with Crippen LogP contribution in [0.3, 0.4) is 0 Å². The third-order valence-corrected chi connectivity index (χ3v) is 5.67. The van der Waals surface area contributed by atoms with Crippen molar-refractivity contribution in [2.45, 2.75) is 45.1 Å². The summed E-state index contributed by atoms with van der Waals surface area (Å²) in [4.78, 5) is 14.4. The Morgan fingerprint density at radius 3 is 2.93 bits per heavy atom. The SMILES string of the molecule is CC(C)(C)c1cccc(NCCNC2CCCN(c3ncnc4[nH]ccc34)C2)c1. The standard InChI is InChI=1S/C23H32N6/c1-23(2,3)17-6-4-7-18(14-17)24-11-12-25-19-8-5-13-29(15-19)22-20-9-10-26-21(20)27-16-28-22/h4,6-7,9-10,14,16,19,24-25H,5,8,11-13,15H2,1-3H3,(H,26,27,28). The summed E-state index contributed by atoms with van der Waals surface area (Å²) < 4.78 is 0. The number of rotatable bonds is 6. The molecule has 0 radical (unpaired) electrons. The number of aromatic nitrogens is 3. The molecule has 154 valence electrons. The van der Waals surface area contributed by atoms with Crippen molar-refractivity contribution < 1.29 is 0 Å². The van der Waals surface area contributed by atoms with E-state index in [1.54, 1.807) is 6.33 Å². The molecule has 1 aliphatic heterocycles. The van der Waals surface area contributed by atoms with Crippen LogP contribution < -0.4 is 15.5 Å². The van der Waals surface area contributed by atoms with Gasteiger partial charge in [0.1, 0.15) is 17.8 Å². The Morgan fingerprint density at radius 2 is 2.07 bits per heavy atom. The van der Waals surface area contributed by atoms with Crippen molar-refractivity contribution in [3.63, 3.8) is 0 Å². The number of hydrogen-bond donors (Lipinski definition) is 3. The van der Waals surface area contributed by atoms with E-state index in [1.807, 2.05) is 6.20 Å². The van der Waals surface area contributed by atoms with Crippen LogP contribution in [-0.4, -0.2) is 47.2 Å². The van der Waals surface area contributed by atoms with Crippen LogP contribution in [0.15, 0.2) is 42.9 Å². The summed E-state index contributed by atoms with van der Waals surface area (Å²) in [5.41, 5.74) is 3.64. The zero-order chi connectivity index (χ0) is 20.3. The molecule has 0 bridgehead atoms. The minimum atomic E-state index is 0.174. The van der Waals surface area contributed by atoms with E-state index in [2.05, 4.69) is 81.6 Å². The second-order valence-electron chi connectivity index (χ2n) is 8.93. The Labute approximate surface area is 173 Å². The highest BCUT2D eigenvalue weighted by Crippen LogP contribution is 2.26. The third kappa shape index (κ3) is 4.70. The van der Waals surface area contributed by atoms with Crippen molar-refractivity contribution in [1.29, 1.82) is 0 Å². The molecule has 29 heavy (non-hydrogen) atoms. The first-order valence-electron chi connectivity index (χ1n) is 10.6. The Morgan fingerprint density at radius 1 is 1.17 bits per heavy atom. The second-order valence-corrected chi connectivity index (χ2v) is 8.93. The first-order chi connectivity index (χ1) is 14.0. The Bertz CT molecular complexity index is 942. The first-order valence-corrected chi connectivity index (χ1v) is 10.6. The molecule has 0 saturated carbocycles. The maximum Gasteiger partial charge on any atom is 0.142 e. The number of nitrogens with one attached hydrogen (secondary N) is 3. The first kappa shape index (κ1) is 19.7. The molecule has 0 amide bonds. The predicted molar refractivity (Wildman–Crippen MR) is 121 cm³/mol. The van der Waals surface area contributed by atoms with Crippen LogP contribution in [-0.2, 0) is 5.41 Å². The molecule has 6 heteroatoms. The van der Waals surface area contributed by atoms with Gasteiger partial charge in [0.25, 0.3) is 0 Å². The van der Waals surface area contributed by atoms with Crippen molar-refractivity contribution in [3.05, 3.63) is 48.4 Å². The Balaban J connectivity index is 1.29. The van der Waals surface area contributed by atoms with E-state index in [1.165, 1.54) is 24.1 Å². The number of nitrogens with zero attached hydrogens (tertiary/aromatic N) is 3. The van der Waals surface area contributed by atoms with Gasteiger partial charge in [-0.15, -0.1) is 0 Å². The van der Waals surface area contributed by atoms with Gasteiger partial charge >= 0.3 is 0 Å². The van der Waals surface area contributed by atoms with Gasteiger partial charge in [-0.1, -0.05) is 32.9 Å². The van der Waals surface area contributed by atoms with Gasteiger partial charge in [0.05, 0.1) is 5.39 Å². The van der Waals surface area contributed by atoms with Crippen molar-refractivity contribution in [2.24, 2.45) is 0 Å². The molecule has 1 atom stereocenters. The Hall–Kier alpha value is -2.60. The lowest BCUT2D eigenvalue weighted by Crippen LogP contribution is -2.47. The molecule has 3 N–H and O–H groups in total. The normalized spacial score (nSPS) is 17.6. The largest absolute Gasteiger partial charge is 0.384 e. The molecule has 0 aliphatic carbocycles. The molecule has 3 heterocycles. The summed E-state index contributed by atoms with van der Waals surface area (Å²) in [5.74, 6) is 1.04. The molecule has 3 aromatic rings. The van der Waals surface area contributed by atoms with Crippen LogP contribution in [0.1, 0.15) is 39.2 Å². The van der Waals surface area contributed by atoms with E-state index in [-0.39, 0.29) is 5.41 Å². The number of piperidine rings is 1. The molecule has 1 saturated heterocycles. The highest BCUT2D eigenvalue weighted by molar-refractivity contribution is 5.87. The lowest BCUT2D eigenvalue weighted by molar-refractivity contribution is 0.427. The van der Waals surface area contributed by atoms with E-state index in [0.717, 1.165) is 43.0 Å². The van der Waals surface area contributed by atoms with Crippen LogP contribution in [0.4, 0.5) is 11.5 Å². The van der Waals surface area contributed by atoms with Gasteiger partial charge in [0, 0.05) is 44.1 Å². The van der Waals surface area contributed by atoms with Gasteiger partial charge in [0.15, 0.2) is 0 Å². The van der Waals surface area contributed by atoms with Crippen molar-refractivity contribution >= 4 is 22.5 Å². The van der Waals surface area contributed by atoms with E-state index < -0.39 is 0 Å². The predicted octanol–water partition coefficient (Wildman–Crippen LogP) is 3.93. The fourth-order valence-electron chi connectivity index (χ4n) is 4.03. The molecule has 1 aromatic carbocycles. The van der Waals surface area contributed by atoms with E-state index in [4.69, 9.17) is 0 Å². The van der Waals surface area contributed by atoms with Crippen molar-refractivity contribution in [2.75, 3.05) is 36.4 Å². The summed E-state index contributed by atoms with van der Waals surface area (Å²) in [6, 6.07) is 11.3. The average Bonchev–Trinajstić information content (AvgIpc) is 3.20. The summed E-state index contributed by atoms with van der Waals surface area (Å²) in [7, 11) is 0. The van der Waals surface area contributed by atoms with Crippen LogP contribution >= 0.6 is 0 Å². The number of H-pyrrole nitrogens is 1. The van der Waals surface area contributed by atoms with Gasteiger partial charge in [-0.25, -0.2) is 9.97 Å². The fourth-order valence-corrected chi connectivity index (χ4v) is 4.03. The summed E-state index contributed by atoms with van der Waals surface area (Å²) in [6.07, 6.45) is 5.97. The zero-order valence-electron chi connectivity index (χ0n) is 17.7. The quantitative estimate of drug-likeness (QED) is 0.555. The third-order valence-electron chi connectivity index (χ3n) is 5.67. The molecule has 1 aliphatic rings. The molecule has 1 unspecified atom stereocenters. The fraction of sp³-hybridized carbons (Fsp3) is 0.478. The number of benzene rings is 1. The number of hydrogen-bond acceptors (Lipinski definition) is 5. The monoisotopic (exact) mass is 392 g/mol. The van der Waals surface area contributed by atoms with Crippen LogP contribution in [0.5, 0.6) is 0 Å². The lowest BCUT2D eigenvalue weighted by atomic mass is 9.87. The van der Waals surface area contributed by atoms with Gasteiger partial charge in [-0.05, 0) is 42.0 Å². The van der Waals surface area contributed by atoms with Crippen LogP contribution in [0.2, 0.25) is 0 Å².